The molecule has 0 unspecified atom stereocenters. The second kappa shape index (κ2) is 6.88. The Morgan fingerprint density at radius 1 is 1.25 bits per heavy atom. The summed E-state index contributed by atoms with van der Waals surface area (Å²) in [6, 6.07) is 7.21. The van der Waals surface area contributed by atoms with Crippen LogP contribution in [-0.4, -0.2) is 70.8 Å². The summed E-state index contributed by atoms with van der Waals surface area (Å²) in [5, 5.41) is 18.1. The molecule has 1 fully saturated rings. The number of benzene rings is 1. The largest absolute Gasteiger partial charge is 0.497 e. The first-order valence-corrected chi connectivity index (χ1v) is 7.94. The number of nitrogens with zero attached hydrogens (tertiary/aromatic N) is 5. The van der Waals surface area contributed by atoms with Gasteiger partial charge < -0.3 is 19.6 Å². The van der Waals surface area contributed by atoms with Gasteiger partial charge in [-0.3, -0.25) is 0 Å². The third-order valence-corrected chi connectivity index (χ3v) is 4.20. The van der Waals surface area contributed by atoms with Gasteiger partial charge in [0.2, 0.25) is 5.69 Å². The number of ether oxygens (including phenoxy) is 1. The zero-order chi connectivity index (χ0) is 17.1. The summed E-state index contributed by atoms with van der Waals surface area (Å²) in [4.78, 5) is 17.2. The molecule has 2 aromatic rings. The van der Waals surface area contributed by atoms with Crippen LogP contribution >= 0.6 is 0 Å². The van der Waals surface area contributed by atoms with Crippen LogP contribution in [0, 0.1) is 0 Å². The van der Waals surface area contributed by atoms with Crippen LogP contribution in [0.3, 0.4) is 0 Å². The second-order valence-electron chi connectivity index (χ2n) is 5.59. The normalized spacial score (nSPS) is 15.5. The summed E-state index contributed by atoms with van der Waals surface area (Å²) >= 11 is 0. The standard InChI is InChI=1S/C16H21N5O3/c1-3-19-7-9-20(10-8-19)15-14(16(22)23)17-21(18-15)12-5-4-6-13(11-12)24-2/h4-6,11H,3,7-10H2,1-2H3,(H,22,23). The number of carboxylic acids is 1. The van der Waals surface area contributed by atoms with Gasteiger partial charge in [0.05, 0.1) is 12.8 Å². The zero-order valence-corrected chi connectivity index (χ0v) is 13.8. The number of aromatic nitrogens is 3. The third kappa shape index (κ3) is 3.18. The predicted molar refractivity (Wildman–Crippen MR) is 89.2 cm³/mol. The van der Waals surface area contributed by atoms with Crippen molar-refractivity contribution in [1.29, 1.82) is 0 Å². The van der Waals surface area contributed by atoms with Crippen molar-refractivity contribution in [3.8, 4) is 11.4 Å². The minimum atomic E-state index is -1.07. The van der Waals surface area contributed by atoms with Crippen molar-refractivity contribution in [3.05, 3.63) is 30.0 Å². The lowest BCUT2D eigenvalue weighted by Crippen LogP contribution is -2.46. The van der Waals surface area contributed by atoms with Gasteiger partial charge in [0, 0.05) is 32.2 Å². The van der Waals surface area contributed by atoms with E-state index in [1.54, 1.807) is 13.2 Å². The fraction of sp³-hybridized carbons (Fsp3) is 0.438. The molecule has 1 saturated heterocycles. The van der Waals surface area contributed by atoms with Crippen molar-refractivity contribution in [3.63, 3.8) is 0 Å². The highest BCUT2D eigenvalue weighted by atomic mass is 16.5. The van der Waals surface area contributed by atoms with E-state index in [-0.39, 0.29) is 5.69 Å². The average molecular weight is 331 g/mol. The van der Waals surface area contributed by atoms with Crippen LogP contribution in [0.15, 0.2) is 24.3 Å². The first-order chi connectivity index (χ1) is 11.6. The predicted octanol–water partition coefficient (Wildman–Crippen LogP) is 1.12. The molecule has 1 aliphatic rings. The summed E-state index contributed by atoms with van der Waals surface area (Å²) in [6.45, 7) is 6.38. The molecule has 2 heterocycles. The lowest BCUT2D eigenvalue weighted by molar-refractivity contribution is 0.0690. The highest BCUT2D eigenvalue weighted by Gasteiger charge is 2.26. The summed E-state index contributed by atoms with van der Waals surface area (Å²) in [5.74, 6) is 0.0120. The van der Waals surface area contributed by atoms with Crippen LogP contribution in [0.25, 0.3) is 5.69 Å². The van der Waals surface area contributed by atoms with E-state index in [1.165, 1.54) is 4.80 Å². The molecule has 1 aromatic heterocycles. The molecule has 24 heavy (non-hydrogen) atoms. The molecule has 3 rings (SSSR count). The van der Waals surface area contributed by atoms with Crippen molar-refractivity contribution in [2.45, 2.75) is 6.92 Å². The number of carbonyl (C=O) groups is 1. The molecule has 8 nitrogen and oxygen atoms in total. The first-order valence-electron chi connectivity index (χ1n) is 7.94. The number of methoxy groups -OCH3 is 1. The number of hydrogen-bond donors (Lipinski definition) is 1. The minimum absolute atomic E-state index is 0.0252. The molecule has 0 saturated carbocycles. The molecule has 1 aromatic carbocycles. The highest BCUT2D eigenvalue weighted by Crippen LogP contribution is 2.21. The number of likely N-dealkylation sites (N-methyl/N-ethyl adjacent to an activating group) is 1. The maximum Gasteiger partial charge on any atom is 0.360 e. The van der Waals surface area contributed by atoms with Gasteiger partial charge in [-0.1, -0.05) is 13.0 Å². The van der Waals surface area contributed by atoms with Crippen LogP contribution in [0.1, 0.15) is 17.4 Å². The van der Waals surface area contributed by atoms with E-state index in [2.05, 4.69) is 22.0 Å². The van der Waals surface area contributed by atoms with E-state index in [9.17, 15) is 9.90 Å². The van der Waals surface area contributed by atoms with E-state index in [0.717, 1.165) is 32.7 Å². The Balaban J connectivity index is 1.92. The van der Waals surface area contributed by atoms with Gasteiger partial charge in [-0.2, -0.15) is 0 Å². The van der Waals surface area contributed by atoms with Crippen LogP contribution < -0.4 is 9.64 Å². The van der Waals surface area contributed by atoms with Crippen LogP contribution in [0.2, 0.25) is 0 Å². The lowest BCUT2D eigenvalue weighted by Gasteiger charge is -2.34. The topological polar surface area (TPSA) is 83.7 Å². The molecular weight excluding hydrogens is 310 g/mol. The van der Waals surface area contributed by atoms with E-state index < -0.39 is 5.97 Å². The second-order valence-corrected chi connectivity index (χ2v) is 5.59. The van der Waals surface area contributed by atoms with E-state index in [0.29, 0.717) is 17.3 Å². The number of aromatic carboxylic acids is 1. The Morgan fingerprint density at radius 3 is 2.62 bits per heavy atom. The van der Waals surface area contributed by atoms with Gasteiger partial charge in [-0.15, -0.1) is 15.0 Å². The molecule has 8 heteroatoms. The van der Waals surface area contributed by atoms with Crippen LogP contribution in [0.5, 0.6) is 5.75 Å². The molecule has 0 bridgehead atoms. The summed E-state index contributed by atoms with van der Waals surface area (Å²) in [6.07, 6.45) is 0. The van der Waals surface area contributed by atoms with Crippen molar-refractivity contribution in [2.75, 3.05) is 44.7 Å². The van der Waals surface area contributed by atoms with Gasteiger partial charge in [-0.05, 0) is 18.7 Å². The minimum Gasteiger partial charge on any atom is -0.497 e. The number of anilines is 1. The Labute approximate surface area is 140 Å². The van der Waals surface area contributed by atoms with Crippen molar-refractivity contribution >= 4 is 11.8 Å². The van der Waals surface area contributed by atoms with Crippen molar-refractivity contribution in [2.24, 2.45) is 0 Å². The highest BCUT2D eigenvalue weighted by molar-refractivity contribution is 5.91. The number of piperazine rings is 1. The molecule has 0 spiro atoms. The Hall–Kier alpha value is -2.61. The van der Waals surface area contributed by atoms with Crippen LogP contribution in [0.4, 0.5) is 5.82 Å². The Kier molecular flexibility index (Phi) is 4.66. The maximum absolute atomic E-state index is 11.6. The smallest absolute Gasteiger partial charge is 0.360 e. The molecular formula is C16H21N5O3. The van der Waals surface area contributed by atoms with Crippen molar-refractivity contribution in [1.82, 2.24) is 19.9 Å². The van der Waals surface area contributed by atoms with Gasteiger partial charge in [0.1, 0.15) is 5.75 Å². The number of rotatable bonds is 5. The maximum atomic E-state index is 11.6. The SMILES string of the molecule is CCN1CCN(c2nn(-c3cccc(OC)c3)nc2C(=O)O)CC1. The lowest BCUT2D eigenvalue weighted by atomic mass is 10.3. The van der Waals surface area contributed by atoms with Crippen molar-refractivity contribution < 1.29 is 14.6 Å². The fourth-order valence-electron chi connectivity index (χ4n) is 2.78. The van der Waals surface area contributed by atoms with Gasteiger partial charge in [-0.25, -0.2) is 4.79 Å². The molecule has 1 aliphatic heterocycles. The Bertz CT molecular complexity index is 722. The van der Waals surface area contributed by atoms with Gasteiger partial charge in [0.25, 0.3) is 0 Å². The summed E-state index contributed by atoms with van der Waals surface area (Å²) in [5.41, 5.74) is 0.637. The number of carboxylic acid groups (broad SMARTS) is 1. The van der Waals surface area contributed by atoms with E-state index in [4.69, 9.17) is 4.74 Å². The van der Waals surface area contributed by atoms with Gasteiger partial charge in [0.15, 0.2) is 5.82 Å². The van der Waals surface area contributed by atoms with Crippen LogP contribution in [-0.2, 0) is 0 Å². The molecule has 1 N–H and O–H groups in total. The molecule has 0 radical (unpaired) electrons. The summed E-state index contributed by atoms with van der Waals surface area (Å²) < 4.78 is 5.20. The fourth-order valence-corrected chi connectivity index (χ4v) is 2.78. The molecule has 0 aliphatic carbocycles. The molecule has 0 atom stereocenters. The summed E-state index contributed by atoms with van der Waals surface area (Å²) in [7, 11) is 1.58. The first kappa shape index (κ1) is 16.3. The monoisotopic (exact) mass is 331 g/mol. The molecule has 128 valence electrons. The number of hydrogen-bond acceptors (Lipinski definition) is 6. The Morgan fingerprint density at radius 2 is 2.00 bits per heavy atom. The van der Waals surface area contributed by atoms with E-state index >= 15 is 0 Å². The molecule has 0 amide bonds. The quantitative estimate of drug-likeness (QED) is 0.879. The average Bonchev–Trinajstić information content (AvgIpc) is 3.07. The third-order valence-electron chi connectivity index (χ3n) is 4.20. The zero-order valence-electron chi connectivity index (χ0n) is 13.8. The van der Waals surface area contributed by atoms with Gasteiger partial charge >= 0.3 is 5.97 Å². The van der Waals surface area contributed by atoms with E-state index in [1.807, 2.05) is 23.1 Å².